The highest BCUT2D eigenvalue weighted by Crippen LogP contribution is 2.34. The second-order valence-corrected chi connectivity index (χ2v) is 6.78. The van der Waals surface area contributed by atoms with Crippen molar-refractivity contribution in [3.63, 3.8) is 0 Å². The molecule has 0 unspecified atom stereocenters. The maximum Gasteiger partial charge on any atom is 0.422 e. The van der Waals surface area contributed by atoms with Crippen molar-refractivity contribution < 1.29 is 27.0 Å². The van der Waals surface area contributed by atoms with Gasteiger partial charge in [-0.3, -0.25) is 0 Å². The van der Waals surface area contributed by atoms with Crippen LogP contribution in [-0.4, -0.2) is 35.4 Å². The van der Waals surface area contributed by atoms with Gasteiger partial charge in [-0.05, 0) is 31.1 Å². The number of imidazole rings is 1. The molecular weight excluding hydrogens is 388 g/mol. The maximum atomic E-state index is 14.3. The van der Waals surface area contributed by atoms with Gasteiger partial charge in [-0.15, -0.1) is 0 Å². The molecule has 3 aromatic rings. The van der Waals surface area contributed by atoms with Gasteiger partial charge in [0.05, 0.1) is 18.9 Å². The normalized spacial score (nSPS) is 15.0. The fourth-order valence-electron chi connectivity index (χ4n) is 3.31. The molecule has 0 bridgehead atoms. The summed E-state index contributed by atoms with van der Waals surface area (Å²) in [6.45, 7) is -0.116. The Bertz CT molecular complexity index is 1050. The van der Waals surface area contributed by atoms with E-state index in [4.69, 9.17) is 9.47 Å². The average Bonchev–Trinajstić information content (AvgIpc) is 3.08. The van der Waals surface area contributed by atoms with E-state index in [0.29, 0.717) is 35.7 Å². The van der Waals surface area contributed by atoms with Crippen LogP contribution in [-0.2, 0) is 4.74 Å². The van der Waals surface area contributed by atoms with Gasteiger partial charge in [-0.2, -0.15) is 13.2 Å². The van der Waals surface area contributed by atoms with Crippen LogP contribution >= 0.6 is 0 Å². The quantitative estimate of drug-likeness (QED) is 0.554. The number of alkyl halides is 3. The van der Waals surface area contributed by atoms with Crippen molar-refractivity contribution in [1.29, 1.82) is 0 Å². The minimum absolute atomic E-state index is 0.0182. The third-order valence-corrected chi connectivity index (χ3v) is 4.59. The van der Waals surface area contributed by atoms with Crippen LogP contribution < -0.4 is 4.74 Å². The largest absolute Gasteiger partial charge is 0.483 e. The Hall–Kier alpha value is -2.87. The molecule has 1 aromatic carbocycles. The highest BCUT2D eigenvalue weighted by molar-refractivity contribution is 5.82. The zero-order valence-electron chi connectivity index (χ0n) is 15.4. The Kier molecular flexibility index (Phi) is 5.27. The van der Waals surface area contributed by atoms with Crippen LogP contribution in [0.25, 0.3) is 22.9 Å². The summed E-state index contributed by atoms with van der Waals surface area (Å²) >= 11 is 0. The van der Waals surface area contributed by atoms with E-state index in [0.717, 1.165) is 12.8 Å². The summed E-state index contributed by atoms with van der Waals surface area (Å²) in [5.41, 5.74) is 2.99. The van der Waals surface area contributed by atoms with Gasteiger partial charge in [-0.25, -0.2) is 9.37 Å². The lowest BCUT2D eigenvalue weighted by atomic mass is 10.1. The first kappa shape index (κ1) is 19.4. The van der Waals surface area contributed by atoms with Gasteiger partial charge in [0.2, 0.25) is 0 Å². The van der Waals surface area contributed by atoms with Crippen molar-refractivity contribution in [2.24, 2.45) is 0 Å². The van der Waals surface area contributed by atoms with Crippen molar-refractivity contribution in [2.45, 2.75) is 19.0 Å². The smallest absolute Gasteiger partial charge is 0.422 e. The molecule has 4 nitrogen and oxygen atoms in total. The van der Waals surface area contributed by atoms with E-state index in [2.05, 4.69) is 4.98 Å². The third kappa shape index (κ3) is 4.59. The first-order valence-electron chi connectivity index (χ1n) is 9.13. The number of hydrogen-bond acceptors (Lipinski definition) is 3. The number of nitrogens with zero attached hydrogens (tertiary/aromatic N) is 2. The molecule has 0 radical (unpaired) electrons. The van der Waals surface area contributed by atoms with Gasteiger partial charge in [-0.1, -0.05) is 23.8 Å². The highest BCUT2D eigenvalue weighted by atomic mass is 19.4. The van der Waals surface area contributed by atoms with Crippen molar-refractivity contribution in [3.8, 4) is 16.9 Å². The molecule has 4 rings (SSSR count). The van der Waals surface area contributed by atoms with Crippen molar-refractivity contribution >= 4 is 11.7 Å². The van der Waals surface area contributed by atoms with E-state index in [1.807, 2.05) is 6.08 Å². The molecule has 1 saturated heterocycles. The number of para-hydroxylation sites is 1. The molecule has 2 aromatic heterocycles. The highest BCUT2D eigenvalue weighted by Gasteiger charge is 2.29. The van der Waals surface area contributed by atoms with E-state index in [1.54, 1.807) is 24.4 Å². The molecule has 152 valence electrons. The summed E-state index contributed by atoms with van der Waals surface area (Å²) < 4.78 is 63.9. The zero-order valence-corrected chi connectivity index (χ0v) is 15.4. The molecule has 0 atom stereocenters. The zero-order chi connectivity index (χ0) is 20.4. The molecule has 0 spiro atoms. The Labute approximate surface area is 164 Å². The van der Waals surface area contributed by atoms with E-state index < -0.39 is 18.6 Å². The monoisotopic (exact) mass is 406 g/mol. The van der Waals surface area contributed by atoms with Crippen LogP contribution in [0.4, 0.5) is 17.6 Å². The molecule has 0 saturated carbocycles. The summed E-state index contributed by atoms with van der Waals surface area (Å²) in [5.74, 6) is -0.509. The van der Waals surface area contributed by atoms with Crippen LogP contribution in [0.5, 0.6) is 5.75 Å². The van der Waals surface area contributed by atoms with E-state index in [-0.39, 0.29) is 5.75 Å². The van der Waals surface area contributed by atoms with E-state index in [1.165, 1.54) is 28.3 Å². The number of hydrogen-bond donors (Lipinski definition) is 0. The lowest BCUT2D eigenvalue weighted by Gasteiger charge is -2.14. The minimum Gasteiger partial charge on any atom is -0.483 e. The minimum atomic E-state index is -4.47. The number of halogens is 4. The van der Waals surface area contributed by atoms with Crippen LogP contribution in [0, 0.1) is 5.82 Å². The van der Waals surface area contributed by atoms with Gasteiger partial charge < -0.3 is 13.9 Å². The Balaban J connectivity index is 1.76. The fourth-order valence-corrected chi connectivity index (χ4v) is 3.31. The topological polar surface area (TPSA) is 35.8 Å². The predicted molar refractivity (Wildman–Crippen MR) is 100 cm³/mol. The van der Waals surface area contributed by atoms with E-state index in [9.17, 15) is 17.6 Å². The summed E-state index contributed by atoms with van der Waals surface area (Å²) in [6.07, 6.45) is 2.08. The van der Waals surface area contributed by atoms with Crippen LogP contribution in [0.2, 0.25) is 0 Å². The fraction of sp³-hybridized carbons (Fsp3) is 0.286. The number of pyridine rings is 1. The molecule has 1 fully saturated rings. The maximum absolute atomic E-state index is 14.3. The molecule has 8 heteroatoms. The second-order valence-electron chi connectivity index (χ2n) is 6.78. The molecule has 0 aliphatic carbocycles. The Morgan fingerprint density at radius 1 is 1.10 bits per heavy atom. The molecular formula is C21H18F4N2O2. The van der Waals surface area contributed by atoms with Crippen molar-refractivity contribution in [1.82, 2.24) is 9.38 Å². The number of fused-ring (bicyclic) bond motifs is 1. The first-order valence-corrected chi connectivity index (χ1v) is 9.13. The van der Waals surface area contributed by atoms with Gasteiger partial charge in [0, 0.05) is 23.5 Å². The van der Waals surface area contributed by atoms with Crippen LogP contribution in [0.15, 0.2) is 48.3 Å². The van der Waals surface area contributed by atoms with Crippen molar-refractivity contribution in [2.75, 3.05) is 19.8 Å². The molecule has 0 amide bonds. The number of ether oxygens (including phenoxy) is 2. The predicted octanol–water partition coefficient (Wildman–Crippen LogP) is 5.28. The van der Waals surface area contributed by atoms with Crippen LogP contribution in [0.1, 0.15) is 18.5 Å². The van der Waals surface area contributed by atoms with E-state index >= 15 is 0 Å². The molecule has 3 heterocycles. The standard InChI is InChI=1S/C21H18F4N2O2/c22-15-10-18(17-3-1-2-4-19(17)29-13-21(23,24)25)20-26-16(12-27(20)11-15)9-14-5-7-28-8-6-14/h1-4,9-12H,5-8,13H2. The van der Waals surface area contributed by atoms with Gasteiger partial charge in [0.25, 0.3) is 0 Å². The second kappa shape index (κ2) is 7.87. The Morgan fingerprint density at radius 3 is 2.62 bits per heavy atom. The Morgan fingerprint density at radius 2 is 1.86 bits per heavy atom. The van der Waals surface area contributed by atoms with Gasteiger partial charge in [0.1, 0.15) is 17.2 Å². The SMILES string of the molecule is Fc1cc(-c2ccccc2OCC(F)(F)F)c2nc(C=C3CCOCC3)cn2c1. The van der Waals surface area contributed by atoms with Gasteiger partial charge in [0.15, 0.2) is 6.61 Å². The lowest BCUT2D eigenvalue weighted by Crippen LogP contribution is -2.19. The van der Waals surface area contributed by atoms with Crippen molar-refractivity contribution in [3.05, 3.63) is 59.8 Å². The van der Waals surface area contributed by atoms with Crippen LogP contribution in [0.3, 0.4) is 0 Å². The molecule has 0 N–H and O–H groups in total. The third-order valence-electron chi connectivity index (χ3n) is 4.59. The first-order chi connectivity index (χ1) is 13.9. The average molecular weight is 406 g/mol. The number of benzene rings is 1. The summed E-state index contributed by atoms with van der Waals surface area (Å²) in [4.78, 5) is 4.58. The van der Waals surface area contributed by atoms with Gasteiger partial charge >= 0.3 is 6.18 Å². The number of aromatic nitrogens is 2. The lowest BCUT2D eigenvalue weighted by molar-refractivity contribution is -0.153. The summed E-state index contributed by atoms with van der Waals surface area (Å²) in [5, 5.41) is 0. The molecule has 1 aliphatic rings. The molecule has 29 heavy (non-hydrogen) atoms. The molecule has 1 aliphatic heterocycles. The summed E-state index contributed by atoms with van der Waals surface area (Å²) in [6, 6.07) is 7.49. The number of rotatable bonds is 4. The summed E-state index contributed by atoms with van der Waals surface area (Å²) in [7, 11) is 0.